The highest BCUT2D eigenvalue weighted by Crippen LogP contribution is 2.46. The number of hydrogen-bond donors (Lipinski definition) is 2. The Morgan fingerprint density at radius 1 is 1.27 bits per heavy atom. The lowest BCUT2D eigenvalue weighted by molar-refractivity contribution is -0.134. The zero-order valence-corrected chi connectivity index (χ0v) is 14.3. The molecule has 0 aromatic heterocycles. The number of hydrogen-bond acceptors (Lipinski definition) is 6. The smallest absolute Gasteiger partial charge is 0.249 e. The van der Waals surface area contributed by atoms with E-state index in [4.69, 9.17) is 5.73 Å². The first-order chi connectivity index (χ1) is 12.5. The molecule has 1 fully saturated rings. The number of carbonyl (C=O) groups is 2. The van der Waals surface area contributed by atoms with Gasteiger partial charge >= 0.3 is 0 Å². The number of rotatable bonds is 2. The van der Waals surface area contributed by atoms with Gasteiger partial charge in [0.15, 0.2) is 5.94 Å². The molecule has 0 spiro atoms. The summed E-state index contributed by atoms with van der Waals surface area (Å²) < 4.78 is 0. The van der Waals surface area contributed by atoms with E-state index in [1.54, 1.807) is 16.8 Å². The van der Waals surface area contributed by atoms with E-state index in [0.29, 0.717) is 13.0 Å². The fourth-order valence-corrected chi connectivity index (χ4v) is 3.77. The fraction of sp³-hybridized carbons (Fsp3) is 0.263. The molecule has 132 valence electrons. The number of benzene rings is 2. The van der Waals surface area contributed by atoms with Crippen molar-refractivity contribution in [3.63, 3.8) is 0 Å². The minimum Gasteiger partial charge on any atom is -0.326 e. The number of amides is 2. The summed E-state index contributed by atoms with van der Waals surface area (Å²) in [7, 11) is 1.78. The highest BCUT2D eigenvalue weighted by molar-refractivity contribution is 6.09. The Bertz CT molecular complexity index is 994. The van der Waals surface area contributed by atoms with E-state index in [0.717, 1.165) is 27.7 Å². The van der Waals surface area contributed by atoms with Crippen molar-refractivity contribution < 1.29 is 14.4 Å². The third-order valence-electron chi connectivity index (χ3n) is 5.02. The van der Waals surface area contributed by atoms with Crippen LogP contribution in [0.4, 0.5) is 11.4 Å². The van der Waals surface area contributed by atoms with Crippen molar-refractivity contribution >= 4 is 39.9 Å². The Balaban J connectivity index is 1.89. The molecule has 1 atom stereocenters. The topological polar surface area (TPSA) is 95.7 Å². The number of nitrogens with zero attached hydrogens (tertiary/aromatic N) is 2. The van der Waals surface area contributed by atoms with Crippen LogP contribution in [0.5, 0.6) is 0 Å². The first kappa shape index (κ1) is 16.3. The summed E-state index contributed by atoms with van der Waals surface area (Å²) in [4.78, 5) is 39.0. The zero-order valence-electron chi connectivity index (χ0n) is 14.3. The van der Waals surface area contributed by atoms with E-state index in [1.807, 2.05) is 36.3 Å². The number of nitrogens with one attached hydrogen (secondary N) is 1. The zero-order chi connectivity index (χ0) is 18.4. The monoisotopic (exact) mass is 350 g/mol. The maximum atomic E-state index is 12.4. The molecule has 0 bridgehead atoms. The van der Waals surface area contributed by atoms with Gasteiger partial charge in [0, 0.05) is 25.4 Å². The van der Waals surface area contributed by atoms with Crippen LogP contribution < -0.4 is 20.9 Å². The van der Waals surface area contributed by atoms with Gasteiger partial charge in [0.1, 0.15) is 6.04 Å². The molecule has 2 aromatic carbocycles. The minimum atomic E-state index is -0.617. The van der Waals surface area contributed by atoms with E-state index in [1.165, 1.54) is 0 Å². The lowest BCUT2D eigenvalue weighted by Crippen LogP contribution is -2.52. The molecule has 0 radical (unpaired) electrons. The Morgan fingerprint density at radius 2 is 2.08 bits per heavy atom. The molecule has 1 unspecified atom stereocenters. The molecule has 1 saturated heterocycles. The van der Waals surface area contributed by atoms with Crippen LogP contribution in [0.25, 0.3) is 10.8 Å². The number of imide groups is 1. The Kier molecular flexibility index (Phi) is 3.76. The first-order valence-electron chi connectivity index (χ1n) is 8.42. The van der Waals surface area contributed by atoms with E-state index in [-0.39, 0.29) is 18.1 Å². The number of piperidine rings is 1. The molecule has 4 rings (SSSR count). The summed E-state index contributed by atoms with van der Waals surface area (Å²) in [5.41, 5.74) is 8.34. The Hall–Kier alpha value is -3.15. The molecule has 2 aromatic rings. The van der Waals surface area contributed by atoms with Gasteiger partial charge in [-0.3, -0.25) is 14.9 Å². The molecular formula is C19H18N4O3. The van der Waals surface area contributed by atoms with E-state index in [9.17, 15) is 14.4 Å². The third kappa shape index (κ3) is 2.29. The van der Waals surface area contributed by atoms with Crippen molar-refractivity contribution in [2.24, 2.45) is 5.73 Å². The van der Waals surface area contributed by atoms with Crippen molar-refractivity contribution in [2.75, 3.05) is 16.8 Å². The average Bonchev–Trinajstić information content (AvgIpc) is 2.93. The summed E-state index contributed by atoms with van der Waals surface area (Å²) in [5, 5.41) is 4.32. The lowest BCUT2D eigenvalue weighted by Gasteiger charge is -2.31. The summed E-state index contributed by atoms with van der Waals surface area (Å²) in [6, 6.07) is 9.17. The van der Waals surface area contributed by atoms with Gasteiger partial charge in [0.25, 0.3) is 0 Å². The second-order valence-electron chi connectivity index (χ2n) is 6.51. The van der Waals surface area contributed by atoms with Crippen LogP contribution in [-0.4, -0.2) is 30.8 Å². The molecule has 2 aliphatic rings. The number of carbonyl (C=O) groups excluding carboxylic acids is 3. The molecule has 2 aliphatic heterocycles. The number of fused-ring (bicyclic) bond motifs is 3. The maximum absolute atomic E-state index is 12.4. The summed E-state index contributed by atoms with van der Waals surface area (Å²) in [5.74, 6) is 1.55. The first-order valence-corrected chi connectivity index (χ1v) is 8.42. The van der Waals surface area contributed by atoms with Crippen LogP contribution in [0, 0.1) is 0 Å². The Labute approximate surface area is 150 Å². The average molecular weight is 350 g/mol. The highest BCUT2D eigenvalue weighted by atomic mass is 16.2. The van der Waals surface area contributed by atoms with Crippen molar-refractivity contribution in [2.45, 2.75) is 25.4 Å². The molecule has 0 saturated carbocycles. The van der Waals surface area contributed by atoms with E-state index in [2.05, 4.69) is 5.32 Å². The molecule has 7 nitrogen and oxygen atoms in total. The summed E-state index contributed by atoms with van der Waals surface area (Å²) in [6.45, 7) is 0.449. The molecule has 0 aliphatic carbocycles. The Morgan fingerprint density at radius 3 is 2.77 bits per heavy atom. The largest absolute Gasteiger partial charge is 0.326 e. The van der Waals surface area contributed by atoms with Crippen LogP contribution in [0.1, 0.15) is 18.4 Å². The van der Waals surface area contributed by atoms with E-state index >= 15 is 0 Å². The predicted molar refractivity (Wildman–Crippen MR) is 98.1 cm³/mol. The molecule has 2 heterocycles. The van der Waals surface area contributed by atoms with Gasteiger partial charge in [-0.1, -0.05) is 18.2 Å². The molecular weight excluding hydrogens is 332 g/mol. The SMILES string of the molecule is CN1C(=C=O)N(C2CCC(=O)NC2=O)c2ccc3cc(CN)ccc3c21. The van der Waals surface area contributed by atoms with Crippen molar-refractivity contribution in [1.29, 1.82) is 0 Å². The molecule has 7 heteroatoms. The van der Waals surface area contributed by atoms with Crippen molar-refractivity contribution in [3.8, 4) is 0 Å². The van der Waals surface area contributed by atoms with Crippen LogP contribution in [0.15, 0.2) is 36.2 Å². The van der Waals surface area contributed by atoms with Crippen LogP contribution in [-0.2, 0) is 20.9 Å². The van der Waals surface area contributed by atoms with Gasteiger partial charge in [-0.2, -0.15) is 0 Å². The summed E-state index contributed by atoms with van der Waals surface area (Å²) in [6.07, 6.45) is 0.596. The normalized spacial score (nSPS) is 19.6. The molecule has 3 N–H and O–H groups in total. The van der Waals surface area contributed by atoms with Gasteiger partial charge < -0.3 is 15.5 Å². The van der Waals surface area contributed by atoms with Crippen LogP contribution in [0.2, 0.25) is 0 Å². The molecule has 2 amide bonds. The standard InChI is InChI=1S/C19H18N4O3/c1-22-17(10-24)23(15-6-7-16(25)21-19(15)26)14-5-3-12-8-11(9-20)2-4-13(12)18(14)22/h2-5,8,15H,6-7,9,20H2,1H3,(H,21,25,26). The maximum Gasteiger partial charge on any atom is 0.249 e. The number of anilines is 2. The van der Waals surface area contributed by atoms with Crippen LogP contribution in [0.3, 0.4) is 0 Å². The van der Waals surface area contributed by atoms with Gasteiger partial charge in [0.05, 0.1) is 11.4 Å². The quantitative estimate of drug-likeness (QED) is 0.620. The highest BCUT2D eigenvalue weighted by Gasteiger charge is 2.41. The van der Waals surface area contributed by atoms with Gasteiger partial charge in [-0.15, -0.1) is 0 Å². The van der Waals surface area contributed by atoms with Crippen molar-refractivity contribution in [3.05, 3.63) is 41.7 Å². The minimum absolute atomic E-state index is 0.242. The second-order valence-corrected chi connectivity index (χ2v) is 6.51. The van der Waals surface area contributed by atoms with Crippen molar-refractivity contribution in [1.82, 2.24) is 5.32 Å². The summed E-state index contributed by atoms with van der Waals surface area (Å²) >= 11 is 0. The fourth-order valence-electron chi connectivity index (χ4n) is 3.77. The third-order valence-corrected chi connectivity index (χ3v) is 5.02. The van der Waals surface area contributed by atoms with Gasteiger partial charge in [-0.25, -0.2) is 4.79 Å². The predicted octanol–water partition coefficient (Wildman–Crippen LogP) is 1.03. The van der Waals surface area contributed by atoms with Crippen LogP contribution >= 0.6 is 0 Å². The lowest BCUT2D eigenvalue weighted by atomic mass is 10.0. The molecule has 26 heavy (non-hydrogen) atoms. The van der Waals surface area contributed by atoms with Gasteiger partial charge in [0.2, 0.25) is 17.6 Å². The number of nitrogens with two attached hydrogens (primary N) is 1. The van der Waals surface area contributed by atoms with Gasteiger partial charge in [-0.05, 0) is 29.5 Å². The second kappa shape index (κ2) is 5.98. The van der Waals surface area contributed by atoms with E-state index < -0.39 is 11.9 Å².